The van der Waals surface area contributed by atoms with Crippen LogP contribution in [-0.2, 0) is 13.8 Å². The molecule has 96 valence electrons. The van der Waals surface area contributed by atoms with Crippen molar-refractivity contribution in [2.45, 2.75) is 30.6 Å². The third kappa shape index (κ3) is 3.45. The van der Waals surface area contributed by atoms with Gasteiger partial charge in [0.1, 0.15) is 18.3 Å². The van der Waals surface area contributed by atoms with Crippen molar-refractivity contribution >= 4 is 7.82 Å². The Morgan fingerprint density at radius 1 is 1.25 bits per heavy atom. The first-order chi connectivity index (χ1) is 7.22. The normalized spacial score (nSPS) is 41.0. The molecule has 0 bridgehead atoms. The zero-order valence-electron chi connectivity index (χ0n) is 8.08. The molecule has 0 aromatic carbocycles. The minimum absolute atomic E-state index is 0.674. The van der Waals surface area contributed by atoms with Crippen LogP contribution in [0.15, 0.2) is 0 Å². The van der Waals surface area contributed by atoms with Gasteiger partial charge in [-0.25, -0.2) is 4.57 Å². The van der Waals surface area contributed by atoms with E-state index < -0.39 is 45.1 Å². The number of ether oxygens (including phenoxy) is 1. The molecule has 1 heterocycles. The predicted molar refractivity (Wildman–Crippen MR) is 48.9 cm³/mol. The van der Waals surface area contributed by atoms with Crippen molar-refractivity contribution in [2.24, 2.45) is 5.73 Å². The molecule has 1 aliphatic rings. The number of hydrogen-bond donors (Lipinski definition) is 6. The molecule has 0 amide bonds. The van der Waals surface area contributed by atoms with E-state index in [4.69, 9.17) is 20.3 Å². The van der Waals surface area contributed by atoms with Crippen molar-refractivity contribution in [1.82, 2.24) is 0 Å². The monoisotopic (exact) mass is 259 g/mol. The van der Waals surface area contributed by atoms with Crippen LogP contribution in [0.5, 0.6) is 0 Å². The maximum absolute atomic E-state index is 10.4. The minimum atomic E-state index is -4.70. The maximum Gasteiger partial charge on any atom is 0.469 e. The zero-order chi connectivity index (χ0) is 12.5. The van der Waals surface area contributed by atoms with Gasteiger partial charge >= 0.3 is 7.82 Å². The fourth-order valence-electron chi connectivity index (χ4n) is 1.28. The van der Waals surface area contributed by atoms with Crippen LogP contribution in [-0.4, -0.2) is 62.4 Å². The molecule has 5 atom stereocenters. The van der Waals surface area contributed by atoms with Crippen molar-refractivity contribution < 1.29 is 38.9 Å². The molecule has 0 aromatic heterocycles. The topological polar surface area (TPSA) is 163 Å². The average molecular weight is 259 g/mol. The molecular formula is C6H14NO8P. The summed E-state index contributed by atoms with van der Waals surface area (Å²) in [5, 5.41) is 28.0. The van der Waals surface area contributed by atoms with Gasteiger partial charge in [0, 0.05) is 0 Å². The highest BCUT2D eigenvalue weighted by Gasteiger charge is 2.42. The summed E-state index contributed by atoms with van der Waals surface area (Å²) < 4.78 is 19.2. The van der Waals surface area contributed by atoms with Gasteiger partial charge in [-0.1, -0.05) is 0 Å². The fourth-order valence-corrected chi connectivity index (χ4v) is 1.62. The molecule has 1 fully saturated rings. The SMILES string of the molecule is N[C@@H]1C(O)O[C@H](COP(=O)(O)O)[C@@H](O)[C@@H]1O. The number of aliphatic hydroxyl groups excluding tert-OH is 3. The van der Waals surface area contributed by atoms with E-state index in [9.17, 15) is 19.9 Å². The lowest BCUT2D eigenvalue weighted by Crippen LogP contribution is -2.61. The van der Waals surface area contributed by atoms with Gasteiger partial charge in [-0.05, 0) is 0 Å². The molecule has 1 unspecified atom stereocenters. The van der Waals surface area contributed by atoms with E-state index in [1.54, 1.807) is 0 Å². The molecule has 9 nitrogen and oxygen atoms in total. The quantitative estimate of drug-likeness (QED) is 0.287. The van der Waals surface area contributed by atoms with Crippen LogP contribution in [0.1, 0.15) is 0 Å². The molecule has 1 rings (SSSR count). The molecule has 16 heavy (non-hydrogen) atoms. The summed E-state index contributed by atoms with van der Waals surface area (Å²) in [6, 6.07) is -1.19. The third-order valence-electron chi connectivity index (χ3n) is 2.18. The summed E-state index contributed by atoms with van der Waals surface area (Å²) in [6.07, 6.45) is -5.76. The molecule has 7 N–H and O–H groups in total. The standard InChI is InChI=1S/C6H14NO8P/c7-3-5(9)4(8)2(15-6(3)10)1-14-16(11,12)13/h2-6,8-10H,1,7H2,(H2,11,12,13)/t2-,3+,4-,5-,6?/m1/s1. The molecule has 0 saturated carbocycles. The second-order valence-electron chi connectivity index (χ2n) is 3.41. The molecule has 0 aromatic rings. The summed E-state index contributed by atoms with van der Waals surface area (Å²) in [5.41, 5.74) is 5.28. The van der Waals surface area contributed by atoms with Crippen LogP contribution in [0.25, 0.3) is 0 Å². The van der Waals surface area contributed by atoms with Crippen LogP contribution < -0.4 is 5.73 Å². The second-order valence-corrected chi connectivity index (χ2v) is 4.65. The number of phosphoric ester groups is 1. The second kappa shape index (κ2) is 5.05. The number of hydrogen-bond acceptors (Lipinski definition) is 7. The third-order valence-corrected chi connectivity index (χ3v) is 2.66. The Morgan fingerprint density at radius 3 is 2.31 bits per heavy atom. The summed E-state index contributed by atoms with van der Waals surface area (Å²) in [5.74, 6) is 0. The van der Waals surface area contributed by atoms with Gasteiger partial charge in [-0.2, -0.15) is 0 Å². The highest BCUT2D eigenvalue weighted by molar-refractivity contribution is 7.46. The van der Waals surface area contributed by atoms with Crippen LogP contribution in [0.2, 0.25) is 0 Å². The predicted octanol–water partition coefficient (Wildman–Crippen LogP) is -3.14. The Morgan fingerprint density at radius 2 is 1.81 bits per heavy atom. The van der Waals surface area contributed by atoms with E-state index in [1.165, 1.54) is 0 Å². The number of rotatable bonds is 3. The molecule has 1 aliphatic heterocycles. The van der Waals surface area contributed by atoms with Gasteiger partial charge in [-0.15, -0.1) is 0 Å². The molecule has 0 spiro atoms. The van der Waals surface area contributed by atoms with Gasteiger partial charge in [0.2, 0.25) is 0 Å². The Labute approximate surface area is 90.6 Å². The molecular weight excluding hydrogens is 245 g/mol. The Kier molecular flexibility index (Phi) is 4.41. The largest absolute Gasteiger partial charge is 0.469 e. The molecule has 0 radical (unpaired) electrons. The van der Waals surface area contributed by atoms with Crippen LogP contribution >= 0.6 is 7.82 Å². The van der Waals surface area contributed by atoms with E-state index in [0.29, 0.717) is 0 Å². The number of nitrogens with two attached hydrogens (primary N) is 1. The lowest BCUT2D eigenvalue weighted by Gasteiger charge is -2.38. The fraction of sp³-hybridized carbons (Fsp3) is 1.00. The Hall–Kier alpha value is -0.0900. The van der Waals surface area contributed by atoms with Gasteiger partial charge in [0.25, 0.3) is 0 Å². The molecule has 1 saturated heterocycles. The molecule has 10 heteroatoms. The van der Waals surface area contributed by atoms with Gasteiger partial charge in [0.05, 0.1) is 12.6 Å². The van der Waals surface area contributed by atoms with Crippen molar-refractivity contribution in [1.29, 1.82) is 0 Å². The van der Waals surface area contributed by atoms with Crippen molar-refractivity contribution in [3.63, 3.8) is 0 Å². The van der Waals surface area contributed by atoms with E-state index >= 15 is 0 Å². The van der Waals surface area contributed by atoms with Crippen molar-refractivity contribution in [3.8, 4) is 0 Å². The summed E-state index contributed by atoms with van der Waals surface area (Å²) in [4.78, 5) is 16.8. The maximum atomic E-state index is 10.4. The van der Waals surface area contributed by atoms with Crippen LogP contribution in [0, 0.1) is 0 Å². The first kappa shape index (κ1) is 14.0. The Balaban J connectivity index is 2.57. The first-order valence-electron chi connectivity index (χ1n) is 4.37. The average Bonchev–Trinajstić information content (AvgIpc) is 2.17. The summed E-state index contributed by atoms with van der Waals surface area (Å²) in [7, 11) is -4.70. The molecule has 0 aliphatic carbocycles. The Bertz CT molecular complexity index is 282. The van der Waals surface area contributed by atoms with Gasteiger partial charge in [-0.3, -0.25) is 4.52 Å². The summed E-state index contributed by atoms with van der Waals surface area (Å²) >= 11 is 0. The van der Waals surface area contributed by atoms with Crippen molar-refractivity contribution in [2.75, 3.05) is 6.61 Å². The first-order valence-corrected chi connectivity index (χ1v) is 5.91. The minimum Gasteiger partial charge on any atom is -0.388 e. The van der Waals surface area contributed by atoms with Crippen LogP contribution in [0.3, 0.4) is 0 Å². The highest BCUT2D eigenvalue weighted by Crippen LogP contribution is 2.36. The smallest absolute Gasteiger partial charge is 0.388 e. The number of aliphatic hydroxyl groups is 3. The van der Waals surface area contributed by atoms with Gasteiger partial charge in [0.15, 0.2) is 6.29 Å². The van der Waals surface area contributed by atoms with Gasteiger partial charge < -0.3 is 35.6 Å². The van der Waals surface area contributed by atoms with E-state index in [1.807, 2.05) is 0 Å². The van der Waals surface area contributed by atoms with Crippen LogP contribution in [0.4, 0.5) is 0 Å². The van der Waals surface area contributed by atoms with E-state index in [0.717, 1.165) is 0 Å². The van der Waals surface area contributed by atoms with E-state index in [-0.39, 0.29) is 0 Å². The zero-order valence-corrected chi connectivity index (χ0v) is 8.97. The highest BCUT2D eigenvalue weighted by atomic mass is 31.2. The van der Waals surface area contributed by atoms with E-state index in [2.05, 4.69) is 4.52 Å². The number of phosphoric acid groups is 1. The van der Waals surface area contributed by atoms with Crippen molar-refractivity contribution in [3.05, 3.63) is 0 Å². The lowest BCUT2D eigenvalue weighted by molar-refractivity contribution is -0.247. The lowest BCUT2D eigenvalue weighted by atomic mass is 9.98. The summed E-state index contributed by atoms with van der Waals surface area (Å²) in [6.45, 7) is -0.674.